The van der Waals surface area contributed by atoms with Crippen molar-refractivity contribution in [2.45, 2.75) is 6.92 Å². The van der Waals surface area contributed by atoms with E-state index in [0.717, 1.165) is 11.1 Å². The van der Waals surface area contributed by atoms with E-state index in [9.17, 15) is 15.0 Å². The molecule has 2 rings (SSSR count). The molecule has 106 valence electrons. The zero-order valence-electron chi connectivity index (χ0n) is 11.7. The van der Waals surface area contributed by atoms with Gasteiger partial charge in [-0.2, -0.15) is 0 Å². The van der Waals surface area contributed by atoms with Gasteiger partial charge in [0.1, 0.15) is 11.5 Å². The Bertz CT molecular complexity index is 712. The van der Waals surface area contributed by atoms with Crippen molar-refractivity contribution in [1.82, 2.24) is 0 Å². The molecule has 0 fully saturated rings. The minimum absolute atomic E-state index is 0.123. The molecule has 3 heteroatoms. The second kappa shape index (κ2) is 6.57. The maximum Gasteiger partial charge on any atom is 0.181 e. The van der Waals surface area contributed by atoms with Crippen LogP contribution in [-0.4, -0.2) is 16.0 Å². The fraction of sp³-hybridized carbons (Fsp3) is 0.0556. The molecule has 0 aliphatic rings. The number of carbonyl (C=O) groups excluding carboxylic acids is 1. The molecule has 0 radical (unpaired) electrons. The van der Waals surface area contributed by atoms with E-state index in [1.165, 1.54) is 6.08 Å². The highest BCUT2D eigenvalue weighted by molar-refractivity contribution is 6.08. The number of benzene rings is 2. The zero-order valence-corrected chi connectivity index (χ0v) is 11.7. The third-order valence-corrected chi connectivity index (χ3v) is 2.94. The Hall–Kier alpha value is -2.81. The van der Waals surface area contributed by atoms with E-state index in [0.29, 0.717) is 5.57 Å². The van der Waals surface area contributed by atoms with Crippen LogP contribution in [0.1, 0.15) is 18.1 Å². The molecule has 0 aliphatic carbocycles. The molecule has 3 nitrogen and oxygen atoms in total. The Morgan fingerprint density at radius 3 is 2.14 bits per heavy atom. The highest BCUT2D eigenvalue weighted by atomic mass is 16.3. The van der Waals surface area contributed by atoms with Gasteiger partial charge in [0.2, 0.25) is 0 Å². The van der Waals surface area contributed by atoms with Crippen LogP contribution in [0.2, 0.25) is 0 Å². The van der Waals surface area contributed by atoms with Gasteiger partial charge >= 0.3 is 0 Å². The van der Waals surface area contributed by atoms with Crippen molar-refractivity contribution < 1.29 is 15.0 Å². The second-order valence-electron chi connectivity index (χ2n) is 4.71. The van der Waals surface area contributed by atoms with Crippen LogP contribution >= 0.6 is 0 Å². The summed E-state index contributed by atoms with van der Waals surface area (Å²) in [5.41, 5.74) is 2.09. The molecule has 2 N–H and O–H groups in total. The Morgan fingerprint density at radius 1 is 0.952 bits per heavy atom. The van der Waals surface area contributed by atoms with E-state index in [2.05, 4.69) is 0 Å². The number of ketones is 1. The summed E-state index contributed by atoms with van der Waals surface area (Å²) in [4.78, 5) is 12.0. The second-order valence-corrected chi connectivity index (χ2v) is 4.71. The Kier molecular flexibility index (Phi) is 4.57. The van der Waals surface area contributed by atoms with Crippen LogP contribution in [0.4, 0.5) is 0 Å². The van der Waals surface area contributed by atoms with Gasteiger partial charge in [-0.3, -0.25) is 4.79 Å². The lowest BCUT2D eigenvalue weighted by atomic mass is 10.1. The summed E-state index contributed by atoms with van der Waals surface area (Å²) in [5, 5.41) is 18.7. The van der Waals surface area contributed by atoms with Crippen molar-refractivity contribution in [1.29, 1.82) is 0 Å². The van der Waals surface area contributed by atoms with Gasteiger partial charge in [-0.05, 0) is 60.0 Å². The van der Waals surface area contributed by atoms with Gasteiger partial charge in [0.05, 0.1) is 0 Å². The molecule has 0 spiro atoms. The molecule has 0 heterocycles. The average Bonchev–Trinajstić information content (AvgIpc) is 2.45. The highest BCUT2D eigenvalue weighted by Crippen LogP contribution is 2.15. The number of phenolic OH excluding ortho intramolecular Hbond substituents is 2. The lowest BCUT2D eigenvalue weighted by molar-refractivity contribution is -0.111. The van der Waals surface area contributed by atoms with Crippen molar-refractivity contribution in [3.63, 3.8) is 0 Å². The van der Waals surface area contributed by atoms with Crippen molar-refractivity contribution in [2.75, 3.05) is 0 Å². The average molecular weight is 280 g/mol. The van der Waals surface area contributed by atoms with Crippen LogP contribution in [0, 0.1) is 0 Å². The maximum absolute atomic E-state index is 12.0. The van der Waals surface area contributed by atoms with Crippen molar-refractivity contribution in [2.24, 2.45) is 0 Å². The molecule has 0 saturated carbocycles. The molecule has 0 aromatic heterocycles. The Morgan fingerprint density at radius 2 is 1.52 bits per heavy atom. The molecule has 0 atom stereocenters. The van der Waals surface area contributed by atoms with E-state index in [-0.39, 0.29) is 17.3 Å². The van der Waals surface area contributed by atoms with Crippen molar-refractivity contribution in [3.8, 4) is 11.5 Å². The third kappa shape index (κ3) is 4.35. The summed E-state index contributed by atoms with van der Waals surface area (Å²) >= 11 is 0. The fourth-order valence-electron chi connectivity index (χ4n) is 1.87. The van der Waals surface area contributed by atoms with Crippen LogP contribution < -0.4 is 0 Å². The first-order chi connectivity index (χ1) is 10.0. The van der Waals surface area contributed by atoms with Gasteiger partial charge < -0.3 is 10.2 Å². The van der Waals surface area contributed by atoms with E-state index < -0.39 is 0 Å². The summed E-state index contributed by atoms with van der Waals surface area (Å²) in [7, 11) is 0. The molecule has 0 saturated heterocycles. The highest BCUT2D eigenvalue weighted by Gasteiger charge is 2.01. The van der Waals surface area contributed by atoms with Gasteiger partial charge in [-0.25, -0.2) is 0 Å². The molecular weight excluding hydrogens is 264 g/mol. The number of allylic oxidation sites excluding steroid dienone is 2. The van der Waals surface area contributed by atoms with E-state index in [1.807, 2.05) is 6.07 Å². The summed E-state index contributed by atoms with van der Waals surface area (Å²) in [5.74, 6) is 0.206. The lowest BCUT2D eigenvalue weighted by Gasteiger charge is -1.99. The van der Waals surface area contributed by atoms with Crippen LogP contribution in [-0.2, 0) is 4.79 Å². The molecule has 2 aromatic carbocycles. The lowest BCUT2D eigenvalue weighted by Crippen LogP contribution is -1.93. The predicted molar refractivity (Wildman–Crippen MR) is 83.9 cm³/mol. The molecular formula is C18H16O3. The molecule has 0 bridgehead atoms. The van der Waals surface area contributed by atoms with E-state index in [4.69, 9.17) is 0 Å². The Balaban J connectivity index is 2.12. The van der Waals surface area contributed by atoms with Crippen LogP contribution in [0.3, 0.4) is 0 Å². The molecule has 2 aromatic rings. The minimum Gasteiger partial charge on any atom is -0.508 e. The van der Waals surface area contributed by atoms with Gasteiger partial charge in [-0.1, -0.05) is 30.3 Å². The normalized spacial score (nSPS) is 11.8. The first-order valence-electron chi connectivity index (χ1n) is 6.53. The first-order valence-corrected chi connectivity index (χ1v) is 6.53. The standard InChI is InChI=1S/C18H16O3/c1-13(10-15-5-3-7-17(20)12-15)18(21)9-8-14-4-2-6-16(19)11-14/h2-12,19-20H,1H3. The zero-order chi connectivity index (χ0) is 15.2. The topological polar surface area (TPSA) is 57.5 Å². The minimum atomic E-state index is -0.123. The van der Waals surface area contributed by atoms with Crippen molar-refractivity contribution >= 4 is 17.9 Å². The number of phenols is 2. The quantitative estimate of drug-likeness (QED) is 0.838. The molecule has 0 aliphatic heterocycles. The van der Waals surface area contributed by atoms with E-state index >= 15 is 0 Å². The number of rotatable bonds is 4. The first kappa shape index (κ1) is 14.6. The summed E-state index contributed by atoms with van der Waals surface area (Å²) < 4.78 is 0. The number of carbonyl (C=O) groups is 1. The summed E-state index contributed by atoms with van der Waals surface area (Å²) in [6.07, 6.45) is 4.83. The Labute approximate surface area is 123 Å². The molecule has 0 amide bonds. The van der Waals surface area contributed by atoms with Crippen molar-refractivity contribution in [3.05, 3.63) is 71.3 Å². The monoisotopic (exact) mass is 280 g/mol. The van der Waals surface area contributed by atoms with Crippen LogP contribution in [0.5, 0.6) is 11.5 Å². The summed E-state index contributed by atoms with van der Waals surface area (Å²) in [6, 6.07) is 13.4. The molecule has 0 unspecified atom stereocenters. The predicted octanol–water partition coefficient (Wildman–Crippen LogP) is 3.78. The van der Waals surface area contributed by atoms with Gasteiger partial charge in [0.15, 0.2) is 5.78 Å². The van der Waals surface area contributed by atoms with Crippen LogP contribution in [0.25, 0.3) is 12.2 Å². The number of hydrogen-bond donors (Lipinski definition) is 2. The number of hydrogen-bond acceptors (Lipinski definition) is 3. The largest absolute Gasteiger partial charge is 0.508 e. The number of aromatic hydroxyl groups is 2. The van der Waals surface area contributed by atoms with Gasteiger partial charge in [-0.15, -0.1) is 0 Å². The summed E-state index contributed by atoms with van der Waals surface area (Å²) in [6.45, 7) is 1.72. The SMILES string of the molecule is CC(=Cc1cccc(O)c1)C(=O)C=Cc1cccc(O)c1. The van der Waals surface area contributed by atoms with Gasteiger partial charge in [0, 0.05) is 0 Å². The third-order valence-electron chi connectivity index (χ3n) is 2.94. The maximum atomic E-state index is 12.0. The smallest absolute Gasteiger partial charge is 0.181 e. The molecule has 21 heavy (non-hydrogen) atoms. The van der Waals surface area contributed by atoms with Gasteiger partial charge in [0.25, 0.3) is 0 Å². The van der Waals surface area contributed by atoms with E-state index in [1.54, 1.807) is 61.5 Å². The fourth-order valence-corrected chi connectivity index (χ4v) is 1.87. The van der Waals surface area contributed by atoms with Crippen LogP contribution in [0.15, 0.2) is 60.2 Å².